The van der Waals surface area contributed by atoms with E-state index in [2.05, 4.69) is 41.2 Å². The van der Waals surface area contributed by atoms with Gasteiger partial charge in [0.05, 0.1) is 0 Å². The molecular weight excluding hydrogens is 364 g/mol. The number of hydrogen-bond acceptors (Lipinski definition) is 4. The Kier molecular flexibility index (Phi) is 6.82. The second kappa shape index (κ2) is 9.72. The number of carbonyl (C=O) groups excluding carboxylic acids is 2. The summed E-state index contributed by atoms with van der Waals surface area (Å²) in [5, 5.41) is 0. The fourth-order valence-corrected chi connectivity index (χ4v) is 5.18. The first-order chi connectivity index (χ1) is 14.2. The van der Waals surface area contributed by atoms with Crippen molar-refractivity contribution < 1.29 is 9.59 Å². The van der Waals surface area contributed by atoms with Crippen molar-refractivity contribution in [1.29, 1.82) is 0 Å². The highest BCUT2D eigenvalue weighted by Crippen LogP contribution is 2.28. The molecule has 3 aliphatic rings. The maximum absolute atomic E-state index is 12.7. The van der Waals surface area contributed by atoms with Crippen LogP contribution in [0.1, 0.15) is 44.1 Å². The molecule has 4 rings (SSSR count). The average Bonchev–Trinajstić information content (AvgIpc) is 3.05. The van der Waals surface area contributed by atoms with Gasteiger partial charge in [-0.1, -0.05) is 43.2 Å². The number of carbonyl (C=O) groups is 2. The van der Waals surface area contributed by atoms with E-state index in [9.17, 15) is 9.59 Å². The lowest BCUT2D eigenvalue weighted by molar-refractivity contribution is -0.152. The third kappa shape index (κ3) is 4.98. The molecule has 3 heterocycles. The SMILES string of the molecule is O=C(C(=O)N1CCC(C2NNCC2Cc2ccccc2)CC1)N1CCCCCC1. The molecule has 29 heavy (non-hydrogen) atoms. The van der Waals surface area contributed by atoms with Crippen LogP contribution in [0, 0.1) is 11.8 Å². The lowest BCUT2D eigenvalue weighted by Crippen LogP contribution is -2.50. The summed E-state index contributed by atoms with van der Waals surface area (Å²) in [6.07, 6.45) is 7.35. The average molecular weight is 399 g/mol. The van der Waals surface area contributed by atoms with Crippen molar-refractivity contribution in [3.63, 3.8) is 0 Å². The van der Waals surface area contributed by atoms with Crippen molar-refractivity contribution in [1.82, 2.24) is 20.7 Å². The number of nitrogens with one attached hydrogen (secondary N) is 2. The molecule has 3 aliphatic heterocycles. The lowest BCUT2D eigenvalue weighted by Gasteiger charge is -2.36. The number of hydrazine groups is 1. The predicted octanol–water partition coefficient (Wildman–Crippen LogP) is 1.96. The first-order valence-corrected chi connectivity index (χ1v) is 11.3. The minimum atomic E-state index is -0.288. The van der Waals surface area contributed by atoms with E-state index in [1.54, 1.807) is 9.80 Å². The van der Waals surface area contributed by atoms with Crippen LogP contribution in [0.2, 0.25) is 0 Å². The van der Waals surface area contributed by atoms with Gasteiger partial charge in [0.15, 0.2) is 0 Å². The zero-order valence-electron chi connectivity index (χ0n) is 17.3. The normalized spacial score (nSPS) is 26.3. The van der Waals surface area contributed by atoms with Crippen LogP contribution in [-0.2, 0) is 16.0 Å². The lowest BCUT2D eigenvalue weighted by atomic mass is 9.81. The molecule has 6 heteroatoms. The summed E-state index contributed by atoms with van der Waals surface area (Å²) in [6.45, 7) is 3.84. The van der Waals surface area contributed by atoms with Gasteiger partial charge in [-0.25, -0.2) is 0 Å². The van der Waals surface area contributed by atoms with E-state index in [-0.39, 0.29) is 11.8 Å². The van der Waals surface area contributed by atoms with Crippen LogP contribution in [-0.4, -0.2) is 60.4 Å². The highest BCUT2D eigenvalue weighted by atomic mass is 16.2. The fourth-order valence-electron chi connectivity index (χ4n) is 5.18. The Balaban J connectivity index is 1.29. The highest BCUT2D eigenvalue weighted by Gasteiger charge is 2.37. The molecule has 2 atom stereocenters. The summed E-state index contributed by atoms with van der Waals surface area (Å²) in [7, 11) is 0. The zero-order chi connectivity index (χ0) is 20.1. The molecule has 0 aromatic heterocycles. The van der Waals surface area contributed by atoms with E-state index in [4.69, 9.17) is 0 Å². The molecule has 3 saturated heterocycles. The summed E-state index contributed by atoms with van der Waals surface area (Å²) in [4.78, 5) is 29.0. The van der Waals surface area contributed by atoms with Crippen molar-refractivity contribution in [3.8, 4) is 0 Å². The minimum Gasteiger partial charge on any atom is -0.334 e. The molecule has 0 bridgehead atoms. The third-order valence-corrected chi connectivity index (χ3v) is 6.89. The van der Waals surface area contributed by atoms with Gasteiger partial charge in [-0.15, -0.1) is 0 Å². The molecule has 0 saturated carbocycles. The van der Waals surface area contributed by atoms with E-state index >= 15 is 0 Å². The Hall–Kier alpha value is -1.92. The monoisotopic (exact) mass is 398 g/mol. The smallest absolute Gasteiger partial charge is 0.312 e. The second-order valence-electron chi connectivity index (χ2n) is 8.84. The Bertz CT molecular complexity index is 679. The number of rotatable bonds is 3. The largest absolute Gasteiger partial charge is 0.334 e. The number of nitrogens with zero attached hydrogens (tertiary/aromatic N) is 2. The molecule has 2 unspecified atom stereocenters. The maximum Gasteiger partial charge on any atom is 0.312 e. The molecule has 3 fully saturated rings. The van der Waals surface area contributed by atoms with Gasteiger partial charge < -0.3 is 9.80 Å². The standard InChI is InChI=1S/C23H34N4O2/c28-22(26-12-6-1-2-7-13-26)23(29)27-14-10-19(11-15-27)21-20(17-24-25-21)16-18-8-4-3-5-9-18/h3-5,8-9,19-21,24-25H,1-2,6-7,10-17H2. The van der Waals surface area contributed by atoms with Gasteiger partial charge in [0, 0.05) is 38.8 Å². The number of benzene rings is 1. The van der Waals surface area contributed by atoms with Crippen molar-refractivity contribution in [2.24, 2.45) is 11.8 Å². The van der Waals surface area contributed by atoms with E-state index in [1.165, 1.54) is 5.56 Å². The molecule has 2 N–H and O–H groups in total. The second-order valence-corrected chi connectivity index (χ2v) is 8.84. The molecule has 0 radical (unpaired) electrons. The summed E-state index contributed by atoms with van der Waals surface area (Å²) < 4.78 is 0. The summed E-state index contributed by atoms with van der Waals surface area (Å²) in [5.74, 6) is 0.524. The first kappa shape index (κ1) is 20.4. The molecule has 0 aliphatic carbocycles. The molecule has 1 aromatic rings. The van der Waals surface area contributed by atoms with E-state index in [1.807, 2.05) is 0 Å². The molecule has 0 spiro atoms. The van der Waals surface area contributed by atoms with Gasteiger partial charge in [-0.3, -0.25) is 20.4 Å². The van der Waals surface area contributed by atoms with Crippen LogP contribution in [0.5, 0.6) is 0 Å². The number of hydrogen-bond donors (Lipinski definition) is 2. The van der Waals surface area contributed by atoms with Crippen molar-refractivity contribution in [2.75, 3.05) is 32.7 Å². The van der Waals surface area contributed by atoms with E-state index < -0.39 is 0 Å². The maximum atomic E-state index is 12.7. The van der Waals surface area contributed by atoms with Crippen LogP contribution < -0.4 is 10.9 Å². The molecule has 158 valence electrons. The molecule has 2 amide bonds. The van der Waals surface area contributed by atoms with E-state index in [0.29, 0.717) is 31.0 Å². The summed E-state index contributed by atoms with van der Waals surface area (Å²) in [5.41, 5.74) is 8.22. The van der Waals surface area contributed by atoms with Crippen molar-refractivity contribution in [2.45, 2.75) is 51.0 Å². The van der Waals surface area contributed by atoms with Crippen LogP contribution in [0.25, 0.3) is 0 Å². The predicted molar refractivity (Wildman–Crippen MR) is 113 cm³/mol. The number of piperidine rings is 1. The topological polar surface area (TPSA) is 64.7 Å². The van der Waals surface area contributed by atoms with Gasteiger partial charge in [0.1, 0.15) is 0 Å². The van der Waals surface area contributed by atoms with Gasteiger partial charge in [0.2, 0.25) is 0 Å². The van der Waals surface area contributed by atoms with Gasteiger partial charge in [-0.05, 0) is 49.5 Å². The Morgan fingerprint density at radius 3 is 2.14 bits per heavy atom. The molecule has 6 nitrogen and oxygen atoms in total. The van der Waals surface area contributed by atoms with Crippen LogP contribution >= 0.6 is 0 Å². The van der Waals surface area contributed by atoms with Gasteiger partial charge in [-0.2, -0.15) is 0 Å². The number of amides is 2. The quantitative estimate of drug-likeness (QED) is 0.764. The Labute approximate surface area is 174 Å². The Morgan fingerprint density at radius 2 is 1.48 bits per heavy atom. The van der Waals surface area contributed by atoms with E-state index in [0.717, 1.165) is 64.6 Å². The van der Waals surface area contributed by atoms with Crippen molar-refractivity contribution >= 4 is 11.8 Å². The summed E-state index contributed by atoms with van der Waals surface area (Å²) >= 11 is 0. The first-order valence-electron chi connectivity index (χ1n) is 11.3. The number of likely N-dealkylation sites (tertiary alicyclic amines) is 2. The van der Waals surface area contributed by atoms with Crippen LogP contribution in [0.15, 0.2) is 30.3 Å². The molecular formula is C23H34N4O2. The highest BCUT2D eigenvalue weighted by molar-refractivity contribution is 6.34. The minimum absolute atomic E-state index is 0.284. The van der Waals surface area contributed by atoms with Crippen molar-refractivity contribution in [3.05, 3.63) is 35.9 Å². The zero-order valence-corrected chi connectivity index (χ0v) is 17.3. The summed E-state index contributed by atoms with van der Waals surface area (Å²) in [6, 6.07) is 11.1. The van der Waals surface area contributed by atoms with Gasteiger partial charge >= 0.3 is 11.8 Å². The fraction of sp³-hybridized carbons (Fsp3) is 0.652. The van der Waals surface area contributed by atoms with Gasteiger partial charge in [0.25, 0.3) is 0 Å². The third-order valence-electron chi connectivity index (χ3n) is 6.89. The Morgan fingerprint density at radius 1 is 0.862 bits per heavy atom. The van der Waals surface area contributed by atoms with Crippen LogP contribution in [0.4, 0.5) is 0 Å². The molecule has 1 aromatic carbocycles. The van der Waals surface area contributed by atoms with Crippen LogP contribution in [0.3, 0.4) is 0 Å².